The first-order valence-corrected chi connectivity index (χ1v) is 12.9. The highest BCUT2D eigenvalue weighted by atomic mass is 16.6. The van der Waals surface area contributed by atoms with E-state index in [2.05, 4.69) is 4.98 Å². The van der Waals surface area contributed by atoms with Gasteiger partial charge in [-0.25, -0.2) is 0 Å². The molecule has 1 atom stereocenters. The summed E-state index contributed by atoms with van der Waals surface area (Å²) in [4.78, 5) is 32.3. The minimum atomic E-state index is -0.815. The van der Waals surface area contributed by atoms with Crippen LogP contribution in [0.5, 0.6) is 17.2 Å². The number of carbonyl (C=O) groups excluding carboxylic acids is 2. The van der Waals surface area contributed by atoms with E-state index >= 15 is 0 Å². The van der Waals surface area contributed by atoms with Crippen molar-refractivity contribution in [3.63, 3.8) is 0 Å². The van der Waals surface area contributed by atoms with Crippen LogP contribution in [0.3, 0.4) is 0 Å². The van der Waals surface area contributed by atoms with E-state index in [0.29, 0.717) is 48.2 Å². The van der Waals surface area contributed by atoms with E-state index in [1.807, 2.05) is 42.5 Å². The SMILES string of the molecule is O=C1C(=O)N(Cc2ccncc2)[C@H](c2ccc(OCc3ccccc3)cc2)C1=C(O)c1ccc2c(c1)OCCO2. The van der Waals surface area contributed by atoms with Crippen LogP contribution in [-0.4, -0.2) is 39.9 Å². The van der Waals surface area contributed by atoms with Crippen LogP contribution in [0.4, 0.5) is 0 Å². The van der Waals surface area contributed by atoms with Crippen LogP contribution in [0.25, 0.3) is 5.76 Å². The fourth-order valence-corrected chi connectivity index (χ4v) is 4.91. The number of ether oxygens (including phenoxy) is 3. The predicted octanol–water partition coefficient (Wildman–Crippen LogP) is 5.05. The van der Waals surface area contributed by atoms with Crippen molar-refractivity contribution in [2.75, 3.05) is 13.2 Å². The van der Waals surface area contributed by atoms with Gasteiger partial charge in [-0.1, -0.05) is 42.5 Å². The Balaban J connectivity index is 1.37. The van der Waals surface area contributed by atoms with Crippen molar-refractivity contribution in [3.8, 4) is 17.2 Å². The van der Waals surface area contributed by atoms with Crippen molar-refractivity contribution in [3.05, 3.63) is 125 Å². The van der Waals surface area contributed by atoms with E-state index < -0.39 is 17.7 Å². The standard InChI is InChI=1S/C32H26N2O6/c35-30(24-8-11-26-27(18-24)39-17-16-38-26)28-29(34(32(37)31(28)36)19-21-12-14-33-15-13-21)23-6-9-25(10-7-23)40-20-22-4-2-1-3-5-22/h1-15,18,29,35H,16-17,19-20H2/t29-/m1/s1. The number of rotatable bonds is 7. The Morgan fingerprint density at radius 1 is 0.875 bits per heavy atom. The Kier molecular flexibility index (Phi) is 6.89. The Morgan fingerprint density at radius 2 is 1.60 bits per heavy atom. The lowest BCUT2D eigenvalue weighted by molar-refractivity contribution is -0.140. The molecule has 0 saturated carbocycles. The first-order chi connectivity index (χ1) is 19.6. The van der Waals surface area contributed by atoms with Gasteiger partial charge in [0.15, 0.2) is 11.5 Å². The number of carbonyl (C=O) groups is 2. The quantitative estimate of drug-likeness (QED) is 0.201. The Bertz CT molecular complexity index is 1570. The van der Waals surface area contributed by atoms with E-state index in [4.69, 9.17) is 14.2 Å². The van der Waals surface area contributed by atoms with E-state index in [9.17, 15) is 14.7 Å². The minimum absolute atomic E-state index is 0.00804. The third kappa shape index (κ3) is 4.99. The van der Waals surface area contributed by atoms with Crippen molar-refractivity contribution >= 4 is 17.4 Å². The highest BCUT2D eigenvalue weighted by Gasteiger charge is 2.46. The molecule has 1 amide bonds. The molecule has 1 aromatic heterocycles. The van der Waals surface area contributed by atoms with Crippen LogP contribution < -0.4 is 14.2 Å². The van der Waals surface area contributed by atoms with Gasteiger partial charge in [-0.3, -0.25) is 14.6 Å². The summed E-state index contributed by atoms with van der Waals surface area (Å²) >= 11 is 0. The highest BCUT2D eigenvalue weighted by Crippen LogP contribution is 2.42. The topological polar surface area (TPSA) is 98.2 Å². The van der Waals surface area contributed by atoms with Crippen LogP contribution in [0, 0.1) is 0 Å². The summed E-state index contributed by atoms with van der Waals surface area (Å²) in [5, 5.41) is 11.4. The van der Waals surface area contributed by atoms with E-state index in [1.165, 1.54) is 4.90 Å². The zero-order chi connectivity index (χ0) is 27.5. The molecule has 1 fully saturated rings. The van der Waals surface area contributed by atoms with Gasteiger partial charge in [0.1, 0.15) is 31.3 Å². The molecule has 2 aliphatic rings. The number of fused-ring (bicyclic) bond motifs is 1. The van der Waals surface area contributed by atoms with Crippen molar-refractivity contribution in [2.24, 2.45) is 0 Å². The first kappa shape index (κ1) is 25.2. The zero-order valence-corrected chi connectivity index (χ0v) is 21.5. The third-order valence-corrected chi connectivity index (χ3v) is 6.90. The fourth-order valence-electron chi connectivity index (χ4n) is 4.91. The van der Waals surface area contributed by atoms with Crippen LogP contribution in [0.2, 0.25) is 0 Å². The van der Waals surface area contributed by atoms with Crippen molar-refractivity contribution in [1.29, 1.82) is 0 Å². The molecule has 0 aliphatic carbocycles. The summed E-state index contributed by atoms with van der Waals surface area (Å²) in [6, 6.07) is 24.8. The second kappa shape index (κ2) is 10.9. The fraction of sp³-hybridized carbons (Fsp3) is 0.156. The number of Topliss-reactive ketones (excluding diaryl/α,β-unsaturated/α-hetero) is 1. The number of pyridine rings is 1. The molecule has 1 saturated heterocycles. The summed E-state index contributed by atoms with van der Waals surface area (Å²) < 4.78 is 17.2. The molecule has 1 N–H and O–H groups in total. The molecule has 8 nitrogen and oxygen atoms in total. The van der Waals surface area contributed by atoms with Crippen molar-refractivity contribution in [2.45, 2.75) is 19.2 Å². The number of aromatic nitrogens is 1. The number of nitrogens with zero attached hydrogens (tertiary/aromatic N) is 2. The normalized spacial score (nSPS) is 17.6. The summed E-state index contributed by atoms with van der Waals surface area (Å²) in [5.74, 6) is -0.0463. The van der Waals surface area contributed by atoms with Gasteiger partial charge in [0.2, 0.25) is 0 Å². The molecule has 0 spiro atoms. The number of amides is 1. The summed E-state index contributed by atoms with van der Waals surface area (Å²) in [6.07, 6.45) is 3.27. The van der Waals surface area contributed by atoms with Gasteiger partial charge in [0.05, 0.1) is 11.6 Å². The predicted molar refractivity (Wildman–Crippen MR) is 147 cm³/mol. The molecule has 0 unspecified atom stereocenters. The molecular weight excluding hydrogens is 508 g/mol. The average molecular weight is 535 g/mol. The lowest BCUT2D eigenvalue weighted by atomic mass is 9.95. The van der Waals surface area contributed by atoms with Gasteiger partial charge in [0.25, 0.3) is 11.7 Å². The molecular formula is C32H26N2O6. The largest absolute Gasteiger partial charge is 0.507 e. The van der Waals surface area contributed by atoms with Gasteiger partial charge in [-0.05, 0) is 59.2 Å². The molecule has 0 bridgehead atoms. The molecule has 40 heavy (non-hydrogen) atoms. The maximum atomic E-state index is 13.4. The highest BCUT2D eigenvalue weighted by molar-refractivity contribution is 6.46. The second-order valence-electron chi connectivity index (χ2n) is 9.48. The van der Waals surface area contributed by atoms with Gasteiger partial charge in [-0.15, -0.1) is 0 Å². The molecule has 4 aromatic rings. The number of ketones is 1. The smallest absolute Gasteiger partial charge is 0.295 e. The summed E-state index contributed by atoms with van der Waals surface area (Å²) in [7, 11) is 0. The van der Waals surface area contributed by atoms with E-state index in [1.54, 1.807) is 54.9 Å². The van der Waals surface area contributed by atoms with Crippen LogP contribution >= 0.6 is 0 Å². The lowest BCUT2D eigenvalue weighted by Crippen LogP contribution is -2.29. The Hall–Kier alpha value is -5.11. The van der Waals surface area contributed by atoms with Crippen LogP contribution in [0.15, 0.2) is 103 Å². The Morgan fingerprint density at radius 3 is 2.35 bits per heavy atom. The molecule has 8 heteroatoms. The molecule has 3 aromatic carbocycles. The molecule has 2 aliphatic heterocycles. The Labute approximate surface area is 231 Å². The number of likely N-dealkylation sites (tertiary alicyclic amines) is 1. The van der Waals surface area contributed by atoms with Gasteiger partial charge in [0, 0.05) is 24.5 Å². The van der Waals surface area contributed by atoms with Gasteiger partial charge in [-0.2, -0.15) is 0 Å². The van der Waals surface area contributed by atoms with Crippen LogP contribution in [-0.2, 0) is 22.7 Å². The number of hydrogen-bond donors (Lipinski definition) is 1. The number of benzene rings is 3. The molecule has 200 valence electrons. The second-order valence-corrected chi connectivity index (χ2v) is 9.48. The van der Waals surface area contributed by atoms with Gasteiger partial charge < -0.3 is 24.2 Å². The zero-order valence-electron chi connectivity index (χ0n) is 21.5. The van der Waals surface area contributed by atoms with Crippen LogP contribution in [0.1, 0.15) is 28.3 Å². The number of aliphatic hydroxyl groups excluding tert-OH is 1. The lowest BCUT2D eigenvalue weighted by Gasteiger charge is -2.26. The maximum absolute atomic E-state index is 13.4. The van der Waals surface area contributed by atoms with Gasteiger partial charge >= 0.3 is 0 Å². The molecule has 0 radical (unpaired) electrons. The number of aliphatic hydroxyl groups is 1. The van der Waals surface area contributed by atoms with E-state index in [-0.39, 0.29) is 17.9 Å². The summed E-state index contributed by atoms with van der Waals surface area (Å²) in [6.45, 7) is 1.39. The number of hydrogen-bond acceptors (Lipinski definition) is 7. The average Bonchev–Trinajstić information content (AvgIpc) is 3.25. The van der Waals surface area contributed by atoms with E-state index in [0.717, 1.165) is 11.1 Å². The maximum Gasteiger partial charge on any atom is 0.295 e. The van der Waals surface area contributed by atoms with Crippen molar-refractivity contribution in [1.82, 2.24) is 9.88 Å². The molecule has 3 heterocycles. The minimum Gasteiger partial charge on any atom is -0.507 e. The first-order valence-electron chi connectivity index (χ1n) is 12.9. The molecule has 6 rings (SSSR count). The summed E-state index contributed by atoms with van der Waals surface area (Å²) in [5.41, 5.74) is 2.88. The third-order valence-electron chi connectivity index (χ3n) is 6.90. The van der Waals surface area contributed by atoms with Crippen molar-refractivity contribution < 1.29 is 28.9 Å². The monoisotopic (exact) mass is 534 g/mol.